The molecule has 0 aromatic heterocycles. The lowest BCUT2D eigenvalue weighted by atomic mass is 9.69. The van der Waals surface area contributed by atoms with Gasteiger partial charge < -0.3 is 0 Å². The first-order chi connectivity index (χ1) is 14.4. The van der Waals surface area contributed by atoms with Crippen molar-refractivity contribution >= 4 is 22.8 Å². The molecule has 2 aliphatic carbocycles. The van der Waals surface area contributed by atoms with Crippen molar-refractivity contribution < 1.29 is 0 Å². The van der Waals surface area contributed by atoms with Crippen LogP contribution in [0.3, 0.4) is 0 Å². The molecule has 2 saturated carbocycles. The summed E-state index contributed by atoms with van der Waals surface area (Å²) in [5, 5.41) is 12.6. The molecule has 1 spiro atoms. The molecule has 1 N–H and O–H groups in total. The number of para-hydroxylation sites is 2. The Bertz CT molecular complexity index is 890. The third-order valence-electron chi connectivity index (χ3n) is 6.81. The van der Waals surface area contributed by atoms with Crippen molar-refractivity contribution in [2.45, 2.75) is 63.3 Å². The summed E-state index contributed by atoms with van der Waals surface area (Å²) >= 11 is 0. The van der Waals surface area contributed by atoms with Gasteiger partial charge in [-0.25, -0.2) is 0 Å². The van der Waals surface area contributed by atoms with E-state index in [-0.39, 0.29) is 5.54 Å². The first-order valence-corrected chi connectivity index (χ1v) is 11.2. The van der Waals surface area contributed by atoms with E-state index in [1.54, 1.807) is 0 Å². The Kier molecular flexibility index (Phi) is 5.09. The van der Waals surface area contributed by atoms with Gasteiger partial charge in [-0.15, -0.1) is 0 Å². The lowest BCUT2D eigenvalue weighted by Gasteiger charge is -2.51. The minimum absolute atomic E-state index is 0.104. The van der Waals surface area contributed by atoms with E-state index >= 15 is 0 Å². The van der Waals surface area contributed by atoms with E-state index in [0.717, 1.165) is 31.4 Å². The Morgan fingerprint density at radius 1 is 0.897 bits per heavy atom. The predicted octanol–water partition coefficient (Wildman–Crippen LogP) is 6.22. The van der Waals surface area contributed by atoms with E-state index in [1.807, 2.05) is 6.07 Å². The number of benzene rings is 2. The molecule has 0 radical (unpaired) electrons. The predicted molar refractivity (Wildman–Crippen MR) is 122 cm³/mol. The lowest BCUT2D eigenvalue weighted by molar-refractivity contribution is 0.323. The van der Waals surface area contributed by atoms with Crippen LogP contribution >= 0.6 is 0 Å². The second kappa shape index (κ2) is 8.02. The van der Waals surface area contributed by atoms with E-state index in [9.17, 15) is 0 Å². The molecule has 150 valence electrons. The molecule has 2 atom stereocenters. The Balaban J connectivity index is 1.56. The van der Waals surface area contributed by atoms with Crippen molar-refractivity contribution in [3.8, 4) is 0 Å². The number of hydrogen-bond acceptors (Lipinski definition) is 4. The highest BCUT2D eigenvalue weighted by Gasteiger charge is 2.49. The van der Waals surface area contributed by atoms with Gasteiger partial charge in [-0.2, -0.15) is 10.2 Å². The van der Waals surface area contributed by atoms with Crippen LogP contribution in [0, 0.1) is 5.92 Å². The third kappa shape index (κ3) is 3.57. The third-order valence-corrected chi connectivity index (χ3v) is 6.81. The molecule has 4 nitrogen and oxygen atoms in total. The van der Waals surface area contributed by atoms with Crippen LogP contribution in [-0.2, 0) is 0 Å². The molecule has 3 aliphatic rings. The van der Waals surface area contributed by atoms with Crippen molar-refractivity contribution in [3.05, 3.63) is 60.7 Å². The van der Waals surface area contributed by atoms with E-state index in [2.05, 4.69) is 65.0 Å². The molecule has 0 amide bonds. The van der Waals surface area contributed by atoms with E-state index in [1.165, 1.54) is 49.2 Å². The number of nitrogens with zero attached hydrogens (tertiary/aromatic N) is 3. The second-order valence-electron chi connectivity index (χ2n) is 8.66. The van der Waals surface area contributed by atoms with Gasteiger partial charge in [0, 0.05) is 11.6 Å². The maximum atomic E-state index is 5.30. The van der Waals surface area contributed by atoms with Crippen molar-refractivity contribution in [2.75, 3.05) is 10.4 Å². The molecule has 1 aliphatic heterocycles. The van der Waals surface area contributed by atoms with Crippen molar-refractivity contribution in [3.63, 3.8) is 0 Å². The van der Waals surface area contributed by atoms with Gasteiger partial charge in [0.2, 0.25) is 0 Å². The maximum absolute atomic E-state index is 5.30. The second-order valence-corrected chi connectivity index (χ2v) is 8.66. The normalized spacial score (nSPS) is 28.1. The number of fused-ring (bicyclic) bond motifs is 1. The Hall–Kier alpha value is -2.62. The molecule has 1 heterocycles. The summed E-state index contributed by atoms with van der Waals surface area (Å²) in [6.07, 6.45) is 10.8. The number of hydrazone groups is 2. The number of rotatable bonds is 3. The Morgan fingerprint density at radius 3 is 2.48 bits per heavy atom. The standard InChI is InChI=1S/C25H30N4/c1-3-12-21(13-4-1)26-27-24-17-9-10-18-25(24)19-20-11-7-8-16-23(20)28-29(25)22-14-5-2-6-15-22/h1-6,12-15,20,26H,7-11,16-19H2/b27-24-/t20-,25+/m1/s1. The lowest BCUT2D eigenvalue weighted by Crippen LogP contribution is -2.59. The number of nitrogens with one attached hydrogen (secondary N) is 1. The average Bonchev–Trinajstić information content (AvgIpc) is 2.79. The van der Waals surface area contributed by atoms with Gasteiger partial charge in [0.05, 0.1) is 17.1 Å². The Labute approximate surface area is 173 Å². The van der Waals surface area contributed by atoms with Gasteiger partial charge in [0.1, 0.15) is 5.54 Å². The average molecular weight is 387 g/mol. The smallest absolute Gasteiger partial charge is 0.104 e. The largest absolute Gasteiger partial charge is 0.278 e. The fourth-order valence-electron chi connectivity index (χ4n) is 5.35. The first kappa shape index (κ1) is 18.4. The summed E-state index contributed by atoms with van der Waals surface area (Å²) in [5.41, 5.74) is 8.15. The van der Waals surface area contributed by atoms with Crippen molar-refractivity contribution in [1.82, 2.24) is 0 Å². The fraction of sp³-hybridized carbons (Fsp3) is 0.440. The van der Waals surface area contributed by atoms with Crippen LogP contribution < -0.4 is 10.4 Å². The summed E-state index contributed by atoms with van der Waals surface area (Å²) in [6.45, 7) is 0. The van der Waals surface area contributed by atoms with E-state index in [0.29, 0.717) is 5.92 Å². The van der Waals surface area contributed by atoms with Gasteiger partial charge >= 0.3 is 0 Å². The number of hydrogen-bond donors (Lipinski definition) is 1. The van der Waals surface area contributed by atoms with Crippen molar-refractivity contribution in [2.24, 2.45) is 16.1 Å². The Morgan fingerprint density at radius 2 is 1.66 bits per heavy atom. The fourth-order valence-corrected chi connectivity index (χ4v) is 5.35. The summed E-state index contributed by atoms with van der Waals surface area (Å²) in [7, 11) is 0. The topological polar surface area (TPSA) is 40.0 Å². The zero-order valence-electron chi connectivity index (χ0n) is 17.1. The van der Waals surface area contributed by atoms with Crippen LogP contribution in [0.1, 0.15) is 57.8 Å². The van der Waals surface area contributed by atoms with Crippen LogP contribution in [0.2, 0.25) is 0 Å². The van der Waals surface area contributed by atoms with Gasteiger partial charge in [0.15, 0.2) is 0 Å². The molecule has 2 fully saturated rings. The van der Waals surface area contributed by atoms with Crippen LogP contribution in [0.4, 0.5) is 11.4 Å². The SMILES string of the molecule is c1ccc(N/N=C2/CCCC[C@]23C[C@H]2CCCCC2=NN3c2ccccc2)cc1. The molecule has 0 bridgehead atoms. The molecule has 2 aromatic rings. The zero-order valence-corrected chi connectivity index (χ0v) is 17.1. The molecule has 4 heteroatoms. The molecule has 0 saturated heterocycles. The highest BCUT2D eigenvalue weighted by molar-refractivity contribution is 6.01. The summed E-state index contributed by atoms with van der Waals surface area (Å²) < 4.78 is 0. The van der Waals surface area contributed by atoms with Crippen LogP contribution in [-0.4, -0.2) is 17.0 Å². The first-order valence-electron chi connectivity index (χ1n) is 11.2. The molecular weight excluding hydrogens is 356 g/mol. The van der Waals surface area contributed by atoms with Crippen LogP contribution in [0.15, 0.2) is 70.9 Å². The highest BCUT2D eigenvalue weighted by Crippen LogP contribution is 2.45. The molecular formula is C25H30N4. The number of anilines is 2. The quantitative estimate of drug-likeness (QED) is 0.636. The maximum Gasteiger partial charge on any atom is 0.104 e. The van der Waals surface area contributed by atoms with E-state index < -0.39 is 0 Å². The molecule has 5 rings (SSSR count). The van der Waals surface area contributed by atoms with Gasteiger partial charge in [-0.1, -0.05) is 49.2 Å². The summed E-state index contributed by atoms with van der Waals surface area (Å²) in [5.74, 6) is 0.615. The minimum atomic E-state index is -0.104. The molecule has 0 unspecified atom stereocenters. The minimum Gasteiger partial charge on any atom is -0.278 e. The zero-order chi connectivity index (χ0) is 19.5. The van der Waals surface area contributed by atoms with Crippen LogP contribution in [0.25, 0.3) is 0 Å². The van der Waals surface area contributed by atoms with Gasteiger partial charge in [0.25, 0.3) is 0 Å². The van der Waals surface area contributed by atoms with Crippen LogP contribution in [0.5, 0.6) is 0 Å². The summed E-state index contributed by atoms with van der Waals surface area (Å²) in [4.78, 5) is 0. The highest BCUT2D eigenvalue weighted by atomic mass is 15.5. The van der Waals surface area contributed by atoms with Gasteiger partial charge in [-0.05, 0) is 69.2 Å². The molecule has 29 heavy (non-hydrogen) atoms. The summed E-state index contributed by atoms with van der Waals surface area (Å²) in [6, 6.07) is 21.0. The van der Waals surface area contributed by atoms with Crippen molar-refractivity contribution in [1.29, 1.82) is 0 Å². The monoisotopic (exact) mass is 386 g/mol. The molecule has 2 aromatic carbocycles. The van der Waals surface area contributed by atoms with Gasteiger partial charge in [-0.3, -0.25) is 10.4 Å². The van der Waals surface area contributed by atoms with E-state index in [4.69, 9.17) is 10.2 Å².